The molecule has 2 aliphatic rings. The number of benzene rings is 1. The summed E-state index contributed by atoms with van der Waals surface area (Å²) >= 11 is 0. The highest BCUT2D eigenvalue weighted by atomic mass is 16.3. The molecule has 1 aromatic carbocycles. The number of hydrogen-bond acceptors (Lipinski definition) is 4. The van der Waals surface area contributed by atoms with E-state index in [1.807, 2.05) is 12.1 Å². The summed E-state index contributed by atoms with van der Waals surface area (Å²) in [7, 11) is 1.60. The van der Waals surface area contributed by atoms with Gasteiger partial charge in [0, 0.05) is 36.3 Å². The van der Waals surface area contributed by atoms with E-state index in [4.69, 9.17) is 4.42 Å². The van der Waals surface area contributed by atoms with Crippen LogP contribution in [-0.4, -0.2) is 37.0 Å². The Kier molecular flexibility index (Phi) is 4.05. The van der Waals surface area contributed by atoms with E-state index in [2.05, 4.69) is 16.0 Å². The second-order valence-corrected chi connectivity index (χ2v) is 6.68. The van der Waals surface area contributed by atoms with Gasteiger partial charge in [-0.15, -0.1) is 0 Å². The lowest BCUT2D eigenvalue weighted by Gasteiger charge is -2.20. The van der Waals surface area contributed by atoms with E-state index >= 15 is 0 Å². The highest BCUT2D eigenvalue weighted by molar-refractivity contribution is 5.94. The van der Waals surface area contributed by atoms with Crippen LogP contribution in [0.3, 0.4) is 0 Å². The molecule has 2 aliphatic heterocycles. The standard InChI is InChI=1S/C19H21N3O3/c1-20-18(23)12-4-2-11(3-5-12)16-8-9-17(25-16)19(24)22-15-10-13-6-7-14(15)21-13/h2-5,8-9,13-15,21H,6-7,10H2,1H3,(H,20,23)(H,22,24). The van der Waals surface area contributed by atoms with Crippen molar-refractivity contribution in [3.05, 3.63) is 47.7 Å². The fourth-order valence-corrected chi connectivity index (χ4v) is 3.77. The molecule has 2 bridgehead atoms. The highest BCUT2D eigenvalue weighted by Crippen LogP contribution is 2.29. The number of carbonyl (C=O) groups is 2. The van der Waals surface area contributed by atoms with Gasteiger partial charge in [0.25, 0.3) is 11.8 Å². The molecule has 6 nitrogen and oxygen atoms in total. The molecule has 2 aromatic rings. The Morgan fingerprint density at radius 1 is 1.08 bits per heavy atom. The van der Waals surface area contributed by atoms with Gasteiger partial charge in [-0.3, -0.25) is 9.59 Å². The molecule has 3 unspecified atom stereocenters. The molecule has 3 N–H and O–H groups in total. The Balaban J connectivity index is 1.44. The lowest BCUT2D eigenvalue weighted by molar-refractivity contribution is 0.0903. The summed E-state index contributed by atoms with van der Waals surface area (Å²) in [5, 5.41) is 9.17. The fraction of sp³-hybridized carbons (Fsp3) is 0.368. The van der Waals surface area contributed by atoms with Crippen LogP contribution in [0.15, 0.2) is 40.8 Å². The van der Waals surface area contributed by atoms with Crippen LogP contribution in [0.4, 0.5) is 0 Å². The molecule has 3 atom stereocenters. The molecular weight excluding hydrogens is 318 g/mol. The molecule has 25 heavy (non-hydrogen) atoms. The quantitative estimate of drug-likeness (QED) is 0.795. The fourth-order valence-electron chi connectivity index (χ4n) is 3.77. The van der Waals surface area contributed by atoms with Gasteiger partial charge in [0.15, 0.2) is 5.76 Å². The van der Waals surface area contributed by atoms with Gasteiger partial charge in [-0.25, -0.2) is 0 Å². The molecule has 0 saturated carbocycles. The number of carbonyl (C=O) groups excluding carboxylic acids is 2. The van der Waals surface area contributed by atoms with Crippen LogP contribution >= 0.6 is 0 Å². The van der Waals surface area contributed by atoms with Crippen LogP contribution in [0.25, 0.3) is 11.3 Å². The van der Waals surface area contributed by atoms with Crippen LogP contribution < -0.4 is 16.0 Å². The average molecular weight is 339 g/mol. The van der Waals surface area contributed by atoms with Gasteiger partial charge in [0.1, 0.15) is 5.76 Å². The van der Waals surface area contributed by atoms with Gasteiger partial charge in [0.2, 0.25) is 0 Å². The number of furan rings is 1. The third-order valence-corrected chi connectivity index (χ3v) is 5.11. The van der Waals surface area contributed by atoms with Crippen LogP contribution in [0.1, 0.15) is 40.2 Å². The topological polar surface area (TPSA) is 83.4 Å². The summed E-state index contributed by atoms with van der Waals surface area (Å²) in [6.45, 7) is 0. The zero-order chi connectivity index (χ0) is 17.4. The van der Waals surface area contributed by atoms with Gasteiger partial charge in [-0.1, -0.05) is 12.1 Å². The number of nitrogens with one attached hydrogen (secondary N) is 3. The Labute approximate surface area is 146 Å². The van der Waals surface area contributed by atoms with Crippen LogP contribution in [0, 0.1) is 0 Å². The maximum atomic E-state index is 12.4. The van der Waals surface area contributed by atoms with E-state index in [1.165, 1.54) is 6.42 Å². The molecular formula is C19H21N3O3. The van der Waals surface area contributed by atoms with Crippen molar-refractivity contribution in [3.8, 4) is 11.3 Å². The van der Waals surface area contributed by atoms with Gasteiger partial charge < -0.3 is 20.4 Å². The third kappa shape index (κ3) is 3.05. The van der Waals surface area contributed by atoms with Gasteiger partial charge in [0.05, 0.1) is 0 Å². The Morgan fingerprint density at radius 2 is 1.88 bits per heavy atom. The van der Waals surface area contributed by atoms with Gasteiger partial charge in [-0.2, -0.15) is 0 Å². The highest BCUT2D eigenvalue weighted by Gasteiger charge is 2.39. The Morgan fingerprint density at radius 3 is 2.52 bits per heavy atom. The van der Waals surface area contributed by atoms with Gasteiger partial charge >= 0.3 is 0 Å². The van der Waals surface area contributed by atoms with Crippen molar-refractivity contribution in [3.63, 3.8) is 0 Å². The smallest absolute Gasteiger partial charge is 0.287 e. The minimum atomic E-state index is -0.174. The minimum absolute atomic E-state index is 0.134. The number of fused-ring (bicyclic) bond motifs is 2. The SMILES string of the molecule is CNC(=O)c1ccc(-c2ccc(C(=O)NC3CC4CCC3N4)o2)cc1. The molecule has 0 radical (unpaired) electrons. The molecule has 2 fully saturated rings. The number of rotatable bonds is 4. The number of amides is 2. The lowest BCUT2D eigenvalue weighted by atomic mass is 9.95. The summed E-state index contributed by atoms with van der Waals surface area (Å²) < 4.78 is 5.72. The molecule has 6 heteroatoms. The zero-order valence-electron chi connectivity index (χ0n) is 14.0. The maximum absolute atomic E-state index is 12.4. The van der Waals surface area contributed by atoms with E-state index in [0.29, 0.717) is 29.2 Å². The summed E-state index contributed by atoms with van der Waals surface area (Å²) in [6, 6.07) is 11.7. The average Bonchev–Trinajstić information content (AvgIpc) is 3.37. The van der Waals surface area contributed by atoms with E-state index < -0.39 is 0 Å². The molecule has 4 rings (SSSR count). The van der Waals surface area contributed by atoms with Crippen molar-refractivity contribution < 1.29 is 14.0 Å². The molecule has 1 aromatic heterocycles. The molecule has 0 aliphatic carbocycles. The maximum Gasteiger partial charge on any atom is 0.287 e. The second-order valence-electron chi connectivity index (χ2n) is 6.68. The predicted octanol–water partition coefficient (Wildman–Crippen LogP) is 1.93. The van der Waals surface area contributed by atoms with E-state index in [-0.39, 0.29) is 17.9 Å². The number of hydrogen-bond donors (Lipinski definition) is 3. The zero-order valence-corrected chi connectivity index (χ0v) is 14.0. The molecule has 2 amide bonds. The first kappa shape index (κ1) is 15.9. The van der Waals surface area contributed by atoms with Crippen LogP contribution in [0.2, 0.25) is 0 Å². The summed E-state index contributed by atoms with van der Waals surface area (Å²) in [4.78, 5) is 24.0. The third-order valence-electron chi connectivity index (χ3n) is 5.11. The Bertz CT molecular complexity index is 797. The van der Waals surface area contributed by atoms with E-state index in [9.17, 15) is 9.59 Å². The summed E-state index contributed by atoms with van der Waals surface area (Å²) in [5.41, 5.74) is 1.41. The van der Waals surface area contributed by atoms with Crippen molar-refractivity contribution in [2.24, 2.45) is 0 Å². The summed E-state index contributed by atoms with van der Waals surface area (Å²) in [6.07, 6.45) is 3.32. The van der Waals surface area contributed by atoms with Crippen LogP contribution in [0.5, 0.6) is 0 Å². The minimum Gasteiger partial charge on any atom is -0.451 e. The largest absolute Gasteiger partial charge is 0.451 e. The van der Waals surface area contributed by atoms with Crippen molar-refractivity contribution in [2.75, 3.05) is 7.05 Å². The Hall–Kier alpha value is -2.60. The monoisotopic (exact) mass is 339 g/mol. The first-order chi connectivity index (χ1) is 12.1. The lowest BCUT2D eigenvalue weighted by Crippen LogP contribution is -2.42. The van der Waals surface area contributed by atoms with E-state index in [0.717, 1.165) is 18.4 Å². The van der Waals surface area contributed by atoms with Gasteiger partial charge in [-0.05, 0) is 43.5 Å². The van der Waals surface area contributed by atoms with Crippen LogP contribution in [-0.2, 0) is 0 Å². The molecule has 130 valence electrons. The predicted molar refractivity (Wildman–Crippen MR) is 93.4 cm³/mol. The molecule has 0 spiro atoms. The van der Waals surface area contributed by atoms with Crippen molar-refractivity contribution in [1.82, 2.24) is 16.0 Å². The van der Waals surface area contributed by atoms with E-state index in [1.54, 1.807) is 31.3 Å². The van der Waals surface area contributed by atoms with Crippen molar-refractivity contribution in [1.29, 1.82) is 0 Å². The molecule has 2 saturated heterocycles. The first-order valence-corrected chi connectivity index (χ1v) is 8.63. The first-order valence-electron chi connectivity index (χ1n) is 8.63. The molecule has 3 heterocycles. The summed E-state index contributed by atoms with van der Waals surface area (Å²) in [5.74, 6) is 0.617. The normalized spacial score (nSPS) is 24.3. The van der Waals surface area contributed by atoms with Crippen molar-refractivity contribution >= 4 is 11.8 Å². The second kappa shape index (κ2) is 6.37. The van der Waals surface area contributed by atoms with Crippen molar-refractivity contribution in [2.45, 2.75) is 37.4 Å².